The van der Waals surface area contributed by atoms with Crippen LogP contribution in [-0.2, 0) is 4.79 Å². The number of methoxy groups -OCH3 is 1. The van der Waals surface area contributed by atoms with E-state index in [-0.39, 0.29) is 5.91 Å². The van der Waals surface area contributed by atoms with Crippen LogP contribution in [0.1, 0.15) is 55.6 Å². The molecule has 0 aromatic heterocycles. The Morgan fingerprint density at radius 3 is 2.38 bits per heavy atom. The number of benzene rings is 2. The summed E-state index contributed by atoms with van der Waals surface area (Å²) < 4.78 is 11.5. The van der Waals surface area contributed by atoms with Crippen molar-refractivity contribution >= 4 is 5.91 Å². The zero-order chi connectivity index (χ0) is 20.2. The minimum Gasteiger partial charge on any atom is -0.497 e. The predicted molar refractivity (Wildman–Crippen MR) is 115 cm³/mol. The molecule has 0 radical (unpaired) electrons. The van der Waals surface area contributed by atoms with Gasteiger partial charge in [-0.1, -0.05) is 31.2 Å². The molecule has 4 atom stereocenters. The lowest BCUT2D eigenvalue weighted by Crippen LogP contribution is -2.25. The van der Waals surface area contributed by atoms with E-state index in [2.05, 4.69) is 41.7 Å². The number of ether oxygens (including phenoxy) is 2. The first-order valence-electron chi connectivity index (χ1n) is 10.8. The van der Waals surface area contributed by atoms with Crippen LogP contribution in [0.15, 0.2) is 48.5 Å². The minimum absolute atomic E-state index is 0.172. The number of nitrogens with one attached hydrogen (secondary N) is 1. The van der Waals surface area contributed by atoms with Crippen LogP contribution in [0.2, 0.25) is 0 Å². The summed E-state index contributed by atoms with van der Waals surface area (Å²) >= 11 is 0. The fourth-order valence-electron chi connectivity index (χ4n) is 4.19. The maximum Gasteiger partial charge on any atom is 0.219 e. The molecular formula is C25H31NO3. The zero-order valence-corrected chi connectivity index (χ0v) is 17.4. The molecule has 0 aliphatic heterocycles. The molecule has 0 bridgehead atoms. The standard InChI is InChI=1S/C25H31NO3/c1-3-6-25(27)26-15-19-13-23(19)18-8-5-10-22(12-18)29-16-20-14-24(20)17-7-4-9-21(11-17)28-2/h4-5,7-12,19-20,23-24H,3,6,13-16H2,1-2H3,(H,26,27). The van der Waals surface area contributed by atoms with Crippen molar-refractivity contribution in [1.29, 1.82) is 0 Å². The van der Waals surface area contributed by atoms with E-state index in [1.54, 1.807) is 7.11 Å². The van der Waals surface area contributed by atoms with Crippen molar-refractivity contribution in [1.82, 2.24) is 5.32 Å². The highest BCUT2D eigenvalue weighted by Crippen LogP contribution is 2.49. The second kappa shape index (κ2) is 8.89. The summed E-state index contributed by atoms with van der Waals surface area (Å²) in [6, 6.07) is 16.9. The molecule has 0 heterocycles. The van der Waals surface area contributed by atoms with Crippen LogP contribution < -0.4 is 14.8 Å². The number of hydrogen-bond acceptors (Lipinski definition) is 3. The van der Waals surface area contributed by atoms with Gasteiger partial charge in [-0.25, -0.2) is 0 Å². The molecule has 4 rings (SSSR count). The molecular weight excluding hydrogens is 362 g/mol. The molecule has 1 amide bonds. The summed E-state index contributed by atoms with van der Waals surface area (Å²) in [6.07, 6.45) is 3.85. The summed E-state index contributed by atoms with van der Waals surface area (Å²) in [6.45, 7) is 3.58. The van der Waals surface area contributed by atoms with Crippen molar-refractivity contribution in [2.24, 2.45) is 11.8 Å². The first-order chi connectivity index (χ1) is 14.2. The van der Waals surface area contributed by atoms with Gasteiger partial charge in [0.2, 0.25) is 5.91 Å². The van der Waals surface area contributed by atoms with E-state index in [9.17, 15) is 4.79 Å². The SMILES string of the molecule is CCCC(=O)NCC1CC1c1cccc(OCC2CC2c2cccc(OC)c2)c1. The minimum atomic E-state index is 0.172. The van der Waals surface area contributed by atoms with Gasteiger partial charge in [-0.15, -0.1) is 0 Å². The molecule has 0 saturated heterocycles. The van der Waals surface area contributed by atoms with Gasteiger partial charge in [0.1, 0.15) is 11.5 Å². The average molecular weight is 394 g/mol. The highest BCUT2D eigenvalue weighted by Gasteiger charge is 2.40. The lowest BCUT2D eigenvalue weighted by molar-refractivity contribution is -0.121. The number of amides is 1. The third kappa shape index (κ3) is 5.11. The van der Waals surface area contributed by atoms with Crippen molar-refractivity contribution in [3.05, 3.63) is 59.7 Å². The largest absolute Gasteiger partial charge is 0.497 e. The Hall–Kier alpha value is -2.49. The van der Waals surface area contributed by atoms with Gasteiger partial charge in [-0.2, -0.15) is 0 Å². The highest BCUT2D eigenvalue weighted by molar-refractivity contribution is 5.75. The van der Waals surface area contributed by atoms with Crippen molar-refractivity contribution in [3.8, 4) is 11.5 Å². The van der Waals surface area contributed by atoms with Crippen molar-refractivity contribution in [3.63, 3.8) is 0 Å². The van der Waals surface area contributed by atoms with Gasteiger partial charge < -0.3 is 14.8 Å². The van der Waals surface area contributed by atoms with Crippen molar-refractivity contribution in [2.45, 2.75) is 44.4 Å². The van der Waals surface area contributed by atoms with E-state index >= 15 is 0 Å². The van der Waals surface area contributed by atoms with Gasteiger partial charge in [-0.3, -0.25) is 4.79 Å². The summed E-state index contributed by atoms with van der Waals surface area (Å²) in [5.74, 6) is 4.32. The Balaban J connectivity index is 1.25. The van der Waals surface area contributed by atoms with Crippen LogP contribution in [0.3, 0.4) is 0 Å². The monoisotopic (exact) mass is 393 g/mol. The molecule has 2 aromatic carbocycles. The second-order valence-electron chi connectivity index (χ2n) is 8.42. The van der Waals surface area contributed by atoms with Crippen LogP contribution in [-0.4, -0.2) is 26.2 Å². The molecule has 2 aromatic rings. The maximum absolute atomic E-state index is 11.7. The van der Waals surface area contributed by atoms with E-state index in [0.717, 1.165) is 37.5 Å². The normalized spacial score (nSPS) is 24.6. The summed E-state index contributed by atoms with van der Waals surface area (Å²) in [5.41, 5.74) is 2.68. The third-order valence-corrected chi connectivity index (χ3v) is 6.16. The molecule has 0 spiro atoms. The Kier molecular flexibility index (Phi) is 6.08. The van der Waals surface area contributed by atoms with E-state index in [0.29, 0.717) is 30.1 Å². The molecule has 154 valence electrons. The Morgan fingerprint density at radius 2 is 1.66 bits per heavy atom. The van der Waals surface area contributed by atoms with Crippen LogP contribution in [0.25, 0.3) is 0 Å². The number of hydrogen-bond donors (Lipinski definition) is 1. The molecule has 2 saturated carbocycles. The van der Waals surface area contributed by atoms with Gasteiger partial charge in [0.05, 0.1) is 13.7 Å². The fourth-order valence-corrected chi connectivity index (χ4v) is 4.19. The van der Waals surface area contributed by atoms with Crippen LogP contribution in [0.5, 0.6) is 11.5 Å². The Bertz CT molecular complexity index is 849. The molecule has 1 N–H and O–H groups in total. The molecule has 2 aliphatic carbocycles. The molecule has 4 heteroatoms. The number of carbonyl (C=O) groups is 1. The van der Waals surface area contributed by atoms with Crippen molar-refractivity contribution < 1.29 is 14.3 Å². The Morgan fingerprint density at radius 1 is 1.00 bits per heavy atom. The smallest absolute Gasteiger partial charge is 0.219 e. The van der Waals surface area contributed by atoms with E-state index in [1.165, 1.54) is 17.5 Å². The lowest BCUT2D eigenvalue weighted by atomic mass is 10.1. The van der Waals surface area contributed by atoms with Gasteiger partial charge in [0.25, 0.3) is 0 Å². The van der Waals surface area contributed by atoms with Gasteiger partial charge in [-0.05, 0) is 72.4 Å². The quantitative estimate of drug-likeness (QED) is 0.625. The topological polar surface area (TPSA) is 47.6 Å². The van der Waals surface area contributed by atoms with E-state index < -0.39 is 0 Å². The zero-order valence-electron chi connectivity index (χ0n) is 17.4. The number of carbonyl (C=O) groups excluding carboxylic acids is 1. The van der Waals surface area contributed by atoms with Crippen LogP contribution in [0.4, 0.5) is 0 Å². The molecule has 4 nitrogen and oxygen atoms in total. The molecule has 2 aliphatic rings. The first kappa shape index (κ1) is 19.8. The first-order valence-corrected chi connectivity index (χ1v) is 10.8. The third-order valence-electron chi connectivity index (χ3n) is 6.16. The summed E-state index contributed by atoms with van der Waals surface area (Å²) in [7, 11) is 1.71. The Labute approximate surface area is 173 Å². The van der Waals surface area contributed by atoms with Gasteiger partial charge in [0, 0.05) is 18.9 Å². The molecule has 2 fully saturated rings. The van der Waals surface area contributed by atoms with Gasteiger partial charge in [0.15, 0.2) is 0 Å². The summed E-state index contributed by atoms with van der Waals surface area (Å²) in [5, 5.41) is 3.06. The number of rotatable bonds is 10. The molecule has 29 heavy (non-hydrogen) atoms. The van der Waals surface area contributed by atoms with E-state index in [4.69, 9.17) is 9.47 Å². The fraction of sp³-hybridized carbons (Fsp3) is 0.480. The maximum atomic E-state index is 11.7. The van der Waals surface area contributed by atoms with E-state index in [1.807, 2.05) is 19.1 Å². The highest BCUT2D eigenvalue weighted by atomic mass is 16.5. The lowest BCUT2D eigenvalue weighted by Gasteiger charge is -2.09. The molecule has 4 unspecified atom stereocenters. The predicted octanol–water partition coefficient (Wildman–Crippen LogP) is 4.90. The second-order valence-corrected chi connectivity index (χ2v) is 8.42. The van der Waals surface area contributed by atoms with Crippen LogP contribution >= 0.6 is 0 Å². The summed E-state index contributed by atoms with van der Waals surface area (Å²) in [4.78, 5) is 11.7. The average Bonchev–Trinajstić information content (AvgIpc) is 3.66. The van der Waals surface area contributed by atoms with Gasteiger partial charge >= 0.3 is 0 Å². The van der Waals surface area contributed by atoms with Crippen molar-refractivity contribution in [2.75, 3.05) is 20.3 Å². The van der Waals surface area contributed by atoms with Crippen LogP contribution in [0, 0.1) is 11.8 Å².